The predicted molar refractivity (Wildman–Crippen MR) is 106 cm³/mol. The molecule has 2 aromatic heterocycles. The number of thiophene rings is 1. The summed E-state index contributed by atoms with van der Waals surface area (Å²) in [7, 11) is 0. The fourth-order valence-corrected chi connectivity index (χ4v) is 4.16. The van der Waals surface area contributed by atoms with Crippen LogP contribution in [0.4, 0.5) is 0 Å². The number of benzene rings is 1. The number of rotatable bonds is 4. The van der Waals surface area contributed by atoms with Gasteiger partial charge in [-0.05, 0) is 49.4 Å². The summed E-state index contributed by atoms with van der Waals surface area (Å²) in [6.45, 7) is 6.32. The number of ether oxygens (including phenoxy) is 1. The largest absolute Gasteiger partial charge is 0.487 e. The van der Waals surface area contributed by atoms with Crippen molar-refractivity contribution in [3.8, 4) is 17.0 Å². The molecule has 4 rings (SSSR count). The highest BCUT2D eigenvalue weighted by Gasteiger charge is 2.27. The van der Waals surface area contributed by atoms with Crippen molar-refractivity contribution in [2.75, 3.05) is 6.54 Å². The van der Waals surface area contributed by atoms with Crippen molar-refractivity contribution in [1.82, 2.24) is 15.3 Å². The summed E-state index contributed by atoms with van der Waals surface area (Å²) in [5.41, 5.74) is 5.71. The number of aryl methyl sites for hydroxylation is 3. The summed E-state index contributed by atoms with van der Waals surface area (Å²) < 4.78 is 6.21. The van der Waals surface area contributed by atoms with Gasteiger partial charge in [0, 0.05) is 18.2 Å². The number of aromatic nitrogens is 2. The number of para-hydroxylation sites is 1. The molecular formula is C21H21N3O2S. The van der Waals surface area contributed by atoms with E-state index in [4.69, 9.17) is 4.74 Å². The number of nitrogens with one attached hydrogen (secondary N) is 1. The molecule has 138 valence electrons. The maximum atomic E-state index is 12.4. The zero-order valence-corrected chi connectivity index (χ0v) is 16.4. The Morgan fingerprint density at radius 2 is 2.15 bits per heavy atom. The van der Waals surface area contributed by atoms with E-state index in [1.807, 2.05) is 44.4 Å². The average Bonchev–Trinajstić information content (AvgIpc) is 3.27. The smallest absolute Gasteiger partial charge is 0.261 e. The van der Waals surface area contributed by atoms with Crippen LogP contribution in [0.3, 0.4) is 0 Å². The molecule has 1 aliphatic rings. The van der Waals surface area contributed by atoms with E-state index < -0.39 is 0 Å². The third-order valence-corrected chi connectivity index (χ3v) is 5.73. The third-order valence-electron chi connectivity index (χ3n) is 4.72. The molecule has 6 heteroatoms. The van der Waals surface area contributed by atoms with Gasteiger partial charge >= 0.3 is 0 Å². The van der Waals surface area contributed by atoms with Crippen molar-refractivity contribution in [2.24, 2.45) is 0 Å². The second kappa shape index (κ2) is 7.12. The van der Waals surface area contributed by atoms with Crippen molar-refractivity contribution >= 4 is 17.2 Å². The van der Waals surface area contributed by atoms with E-state index in [1.165, 1.54) is 11.3 Å². The van der Waals surface area contributed by atoms with E-state index in [-0.39, 0.29) is 12.0 Å². The highest BCUT2D eigenvalue weighted by atomic mass is 32.1. The van der Waals surface area contributed by atoms with Gasteiger partial charge in [-0.2, -0.15) is 0 Å². The SMILES string of the molecule is Cc1cnc(C)c(-c2cccc3c2O[C@@H](CNC(=O)c2sccc2C)C3)n1. The minimum absolute atomic E-state index is 0.0392. The van der Waals surface area contributed by atoms with Crippen LogP contribution in [0.2, 0.25) is 0 Å². The Kier molecular flexibility index (Phi) is 4.66. The molecule has 0 fully saturated rings. The first-order valence-electron chi connectivity index (χ1n) is 8.94. The fourth-order valence-electron chi connectivity index (χ4n) is 3.32. The minimum atomic E-state index is -0.0801. The highest BCUT2D eigenvalue weighted by molar-refractivity contribution is 7.12. The third kappa shape index (κ3) is 3.45. The second-order valence-electron chi connectivity index (χ2n) is 6.83. The lowest BCUT2D eigenvalue weighted by atomic mass is 10.0. The molecular weight excluding hydrogens is 358 g/mol. The topological polar surface area (TPSA) is 64.1 Å². The molecule has 27 heavy (non-hydrogen) atoms. The lowest BCUT2D eigenvalue weighted by Crippen LogP contribution is -2.34. The summed E-state index contributed by atoms with van der Waals surface area (Å²) >= 11 is 1.46. The van der Waals surface area contributed by atoms with Crippen LogP contribution in [0, 0.1) is 20.8 Å². The summed E-state index contributed by atoms with van der Waals surface area (Å²) in [5, 5.41) is 4.94. The van der Waals surface area contributed by atoms with E-state index in [0.717, 1.165) is 50.8 Å². The Balaban J connectivity index is 1.52. The van der Waals surface area contributed by atoms with Gasteiger partial charge in [-0.15, -0.1) is 11.3 Å². The van der Waals surface area contributed by atoms with Gasteiger partial charge in [0.25, 0.3) is 5.91 Å². The Labute approximate surface area is 162 Å². The lowest BCUT2D eigenvalue weighted by Gasteiger charge is -2.14. The maximum absolute atomic E-state index is 12.4. The van der Waals surface area contributed by atoms with Crippen molar-refractivity contribution in [3.63, 3.8) is 0 Å². The molecule has 1 aliphatic heterocycles. The summed E-state index contributed by atoms with van der Waals surface area (Å²) in [6, 6.07) is 8.07. The van der Waals surface area contributed by atoms with Gasteiger partial charge in [0.05, 0.1) is 28.5 Å². The molecule has 1 atom stereocenters. The molecule has 0 spiro atoms. The molecule has 0 unspecified atom stereocenters. The molecule has 3 heterocycles. The first-order valence-corrected chi connectivity index (χ1v) is 9.82. The molecule has 1 aromatic carbocycles. The molecule has 0 saturated carbocycles. The first-order chi connectivity index (χ1) is 13.0. The zero-order valence-electron chi connectivity index (χ0n) is 15.6. The normalized spacial score (nSPS) is 15.3. The number of carbonyl (C=O) groups is 1. The van der Waals surface area contributed by atoms with Gasteiger partial charge in [-0.3, -0.25) is 9.78 Å². The van der Waals surface area contributed by atoms with Crippen molar-refractivity contribution in [2.45, 2.75) is 33.3 Å². The van der Waals surface area contributed by atoms with Gasteiger partial charge in [-0.25, -0.2) is 4.98 Å². The van der Waals surface area contributed by atoms with Crippen molar-refractivity contribution in [1.29, 1.82) is 0 Å². The Bertz CT molecular complexity index is 1010. The van der Waals surface area contributed by atoms with Crippen LogP contribution in [0.15, 0.2) is 35.8 Å². The predicted octanol–water partition coefficient (Wildman–Crippen LogP) is 3.86. The Morgan fingerprint density at radius 3 is 2.93 bits per heavy atom. The quantitative estimate of drug-likeness (QED) is 0.748. The standard InChI is InChI=1S/C21H21N3O2S/c1-12-7-8-27-20(12)21(25)23-11-16-9-15-5-4-6-17(19(15)26-16)18-14(3)22-10-13(2)24-18/h4-8,10,16H,9,11H2,1-3H3,(H,23,25)/t16-/m1/s1. The molecule has 0 bridgehead atoms. The molecule has 0 radical (unpaired) electrons. The van der Waals surface area contributed by atoms with Crippen LogP contribution in [0.1, 0.15) is 32.2 Å². The van der Waals surface area contributed by atoms with Crippen LogP contribution < -0.4 is 10.1 Å². The summed E-state index contributed by atoms with van der Waals surface area (Å²) in [4.78, 5) is 22.2. The maximum Gasteiger partial charge on any atom is 0.261 e. The molecule has 3 aromatic rings. The van der Waals surface area contributed by atoms with Crippen molar-refractivity contribution in [3.05, 3.63) is 63.2 Å². The molecule has 1 amide bonds. The van der Waals surface area contributed by atoms with E-state index >= 15 is 0 Å². The number of hydrogen-bond acceptors (Lipinski definition) is 5. The first kappa shape index (κ1) is 17.7. The Morgan fingerprint density at radius 1 is 1.30 bits per heavy atom. The van der Waals surface area contributed by atoms with Crippen LogP contribution in [0.25, 0.3) is 11.3 Å². The minimum Gasteiger partial charge on any atom is -0.487 e. The number of hydrogen-bond donors (Lipinski definition) is 1. The van der Waals surface area contributed by atoms with Gasteiger partial charge in [0.1, 0.15) is 11.9 Å². The molecule has 0 saturated heterocycles. The van der Waals surface area contributed by atoms with E-state index in [1.54, 1.807) is 6.20 Å². The summed E-state index contributed by atoms with van der Waals surface area (Å²) in [5.74, 6) is 0.815. The van der Waals surface area contributed by atoms with Crippen molar-refractivity contribution < 1.29 is 9.53 Å². The number of amides is 1. The van der Waals surface area contributed by atoms with E-state index in [0.29, 0.717) is 6.54 Å². The molecule has 0 aliphatic carbocycles. The highest BCUT2D eigenvalue weighted by Crippen LogP contribution is 2.38. The van der Waals surface area contributed by atoms with E-state index in [9.17, 15) is 4.79 Å². The molecule has 5 nitrogen and oxygen atoms in total. The number of fused-ring (bicyclic) bond motifs is 1. The Hall–Kier alpha value is -2.73. The summed E-state index contributed by atoms with van der Waals surface area (Å²) in [6.07, 6.45) is 2.46. The van der Waals surface area contributed by atoms with Crippen LogP contribution in [-0.4, -0.2) is 28.5 Å². The molecule has 1 N–H and O–H groups in total. The van der Waals surface area contributed by atoms with Crippen LogP contribution in [-0.2, 0) is 6.42 Å². The fraction of sp³-hybridized carbons (Fsp3) is 0.286. The monoisotopic (exact) mass is 379 g/mol. The average molecular weight is 379 g/mol. The van der Waals surface area contributed by atoms with Crippen LogP contribution >= 0.6 is 11.3 Å². The van der Waals surface area contributed by atoms with Gasteiger partial charge < -0.3 is 10.1 Å². The zero-order chi connectivity index (χ0) is 19.0. The van der Waals surface area contributed by atoms with E-state index in [2.05, 4.69) is 21.4 Å². The lowest BCUT2D eigenvalue weighted by molar-refractivity contribution is 0.0937. The van der Waals surface area contributed by atoms with Gasteiger partial charge in [0.15, 0.2) is 0 Å². The second-order valence-corrected chi connectivity index (χ2v) is 7.74. The number of nitrogens with zero attached hydrogens (tertiary/aromatic N) is 2. The van der Waals surface area contributed by atoms with Crippen LogP contribution in [0.5, 0.6) is 5.75 Å². The van der Waals surface area contributed by atoms with Gasteiger partial charge in [0.2, 0.25) is 0 Å². The van der Waals surface area contributed by atoms with Gasteiger partial charge in [-0.1, -0.05) is 12.1 Å². The number of carbonyl (C=O) groups excluding carboxylic acids is 1.